The molecule has 5 nitrogen and oxygen atoms in total. The Morgan fingerprint density at radius 1 is 1.10 bits per heavy atom. The van der Waals surface area contributed by atoms with Crippen molar-refractivity contribution in [3.8, 4) is 0 Å². The van der Waals surface area contributed by atoms with Crippen LogP contribution in [0.5, 0.6) is 0 Å². The Bertz CT molecular complexity index is 1070. The Kier molecular flexibility index (Phi) is 11.8. The highest BCUT2D eigenvalue weighted by Gasteiger charge is 2.57. The molecule has 0 aromatic carbocycles. The maximum absolute atomic E-state index is 13.2. The van der Waals surface area contributed by atoms with E-state index in [-0.39, 0.29) is 29.6 Å². The number of hydrogen-bond donors (Lipinski definition) is 2. The second-order valence-electron chi connectivity index (χ2n) is 13.2. The van der Waals surface area contributed by atoms with Crippen LogP contribution in [0.4, 0.5) is 13.2 Å². The summed E-state index contributed by atoms with van der Waals surface area (Å²) in [7, 11) is -5.81. The van der Waals surface area contributed by atoms with Crippen LogP contribution in [0.1, 0.15) is 107 Å². The summed E-state index contributed by atoms with van der Waals surface area (Å²) in [6.45, 7) is 15.9. The molecule has 0 aromatic heterocycles. The van der Waals surface area contributed by atoms with Gasteiger partial charge in [-0.2, -0.15) is 21.6 Å². The second-order valence-corrected chi connectivity index (χ2v) is 14.7. The molecule has 0 aromatic rings. The van der Waals surface area contributed by atoms with Gasteiger partial charge in [0, 0.05) is 17.3 Å². The third-order valence-corrected chi connectivity index (χ3v) is 11.0. The summed E-state index contributed by atoms with van der Waals surface area (Å²) >= 11 is 0. The molecule has 0 radical (unpaired) electrons. The van der Waals surface area contributed by atoms with Crippen LogP contribution in [-0.4, -0.2) is 36.3 Å². The van der Waals surface area contributed by atoms with E-state index >= 15 is 0 Å². The van der Waals surface area contributed by atoms with Gasteiger partial charge in [-0.3, -0.25) is 0 Å². The van der Waals surface area contributed by atoms with E-state index in [4.69, 9.17) is 4.18 Å². The summed E-state index contributed by atoms with van der Waals surface area (Å²) in [5.41, 5.74) is -6.12. The first kappa shape index (κ1) is 35.9. The Balaban J connectivity index is 2.45. The molecule has 0 amide bonds. The topological polar surface area (TPSA) is 83.8 Å². The Morgan fingerprint density at radius 2 is 1.71 bits per heavy atom. The van der Waals surface area contributed by atoms with E-state index in [9.17, 15) is 31.8 Å². The summed E-state index contributed by atoms with van der Waals surface area (Å²) in [6, 6.07) is 0. The number of rotatable bonds is 15. The summed E-state index contributed by atoms with van der Waals surface area (Å²) in [5, 5.41) is 20.9. The average molecular weight is 607 g/mol. The molecule has 0 heterocycles. The summed E-state index contributed by atoms with van der Waals surface area (Å²) in [4.78, 5) is 0. The summed E-state index contributed by atoms with van der Waals surface area (Å²) < 4.78 is 68.2. The molecule has 0 bridgehead atoms. The van der Waals surface area contributed by atoms with Crippen LogP contribution >= 0.6 is 0 Å². The van der Waals surface area contributed by atoms with Crippen molar-refractivity contribution in [1.29, 1.82) is 0 Å². The zero-order valence-electron chi connectivity index (χ0n) is 26.2. The van der Waals surface area contributed by atoms with Crippen LogP contribution in [0, 0.1) is 40.4 Å². The van der Waals surface area contributed by atoms with E-state index in [1.54, 1.807) is 6.92 Å². The molecule has 9 heteroatoms. The number of allylic oxidation sites excluding steroid dienone is 4. The van der Waals surface area contributed by atoms with Crippen LogP contribution in [0.3, 0.4) is 0 Å². The van der Waals surface area contributed by atoms with Crippen LogP contribution in [0.15, 0.2) is 35.6 Å². The van der Waals surface area contributed by atoms with Gasteiger partial charge in [0.15, 0.2) is 0 Å². The van der Waals surface area contributed by atoms with E-state index < -0.39 is 32.6 Å². The lowest BCUT2D eigenvalue weighted by atomic mass is 9.64. The fourth-order valence-electron chi connectivity index (χ4n) is 6.87. The number of hydrogen-bond acceptors (Lipinski definition) is 5. The van der Waals surface area contributed by atoms with Crippen LogP contribution in [-0.2, 0) is 14.3 Å². The first-order valence-corrected chi connectivity index (χ1v) is 16.7. The Hall–Kier alpha value is -1.32. The molecule has 0 aliphatic heterocycles. The number of aliphatic hydroxyl groups excluding tert-OH is 1. The zero-order valence-corrected chi connectivity index (χ0v) is 27.0. The molecule has 6 atom stereocenters. The van der Waals surface area contributed by atoms with Gasteiger partial charge in [-0.1, -0.05) is 71.8 Å². The van der Waals surface area contributed by atoms with Gasteiger partial charge in [0.2, 0.25) is 0 Å². The van der Waals surface area contributed by atoms with Crippen molar-refractivity contribution in [1.82, 2.24) is 0 Å². The third kappa shape index (κ3) is 7.99. The van der Waals surface area contributed by atoms with Crippen molar-refractivity contribution in [2.45, 2.75) is 118 Å². The van der Waals surface area contributed by atoms with Crippen molar-refractivity contribution < 1.29 is 36.0 Å². The maximum atomic E-state index is 13.2. The first-order valence-electron chi connectivity index (χ1n) is 15.3. The largest absolute Gasteiger partial charge is 0.534 e. The number of halogens is 3. The molecule has 2 aliphatic rings. The van der Waals surface area contributed by atoms with Gasteiger partial charge in [0.05, 0.1) is 12.2 Å². The van der Waals surface area contributed by atoms with E-state index in [1.165, 1.54) is 11.6 Å². The van der Waals surface area contributed by atoms with E-state index in [2.05, 4.69) is 39.8 Å². The number of aliphatic hydroxyl groups is 2. The van der Waals surface area contributed by atoms with Gasteiger partial charge in [-0.05, 0) is 88.0 Å². The van der Waals surface area contributed by atoms with Crippen molar-refractivity contribution in [3.63, 3.8) is 0 Å². The molecule has 238 valence electrons. The lowest BCUT2D eigenvalue weighted by Gasteiger charge is -2.40. The van der Waals surface area contributed by atoms with Crippen molar-refractivity contribution >= 4 is 10.1 Å². The summed E-state index contributed by atoms with van der Waals surface area (Å²) in [5.74, 6) is 0.200. The average Bonchev–Trinajstić information content (AvgIpc) is 3.60. The van der Waals surface area contributed by atoms with Crippen molar-refractivity contribution in [2.75, 3.05) is 6.61 Å². The lowest BCUT2D eigenvalue weighted by Crippen LogP contribution is -2.33. The number of alkyl halides is 3. The second kappa shape index (κ2) is 13.5. The van der Waals surface area contributed by atoms with Gasteiger partial charge in [0.25, 0.3) is 0 Å². The molecule has 2 saturated carbocycles. The van der Waals surface area contributed by atoms with Gasteiger partial charge in [0.1, 0.15) is 5.76 Å². The normalized spacial score (nSPS) is 28.1. The predicted molar refractivity (Wildman–Crippen MR) is 158 cm³/mol. The highest BCUT2D eigenvalue weighted by molar-refractivity contribution is 7.87. The van der Waals surface area contributed by atoms with Crippen molar-refractivity contribution in [2.24, 2.45) is 40.4 Å². The van der Waals surface area contributed by atoms with Gasteiger partial charge in [-0.15, -0.1) is 0 Å². The predicted octanol–water partition coefficient (Wildman–Crippen LogP) is 8.30. The van der Waals surface area contributed by atoms with Gasteiger partial charge in [-0.25, -0.2) is 0 Å². The molecule has 0 saturated heterocycles. The molecule has 1 unspecified atom stereocenters. The maximum Gasteiger partial charge on any atom is 0.534 e. The first-order chi connectivity index (χ1) is 18.8. The minimum absolute atomic E-state index is 0.0133. The molecule has 0 spiro atoms. The van der Waals surface area contributed by atoms with Gasteiger partial charge < -0.3 is 14.4 Å². The fourth-order valence-corrected chi connectivity index (χ4v) is 7.43. The van der Waals surface area contributed by atoms with Gasteiger partial charge >= 0.3 is 15.6 Å². The van der Waals surface area contributed by atoms with Crippen molar-refractivity contribution in [3.05, 3.63) is 35.6 Å². The molecule has 2 N–H and O–H groups in total. The minimum Gasteiger partial charge on any atom is -0.396 e. The van der Waals surface area contributed by atoms with E-state index in [1.807, 2.05) is 26.8 Å². The molecular formula is C32H53F3O5S. The fraction of sp³-hybridized carbons (Fsp3) is 0.812. The zero-order chi connectivity index (χ0) is 31.4. The summed E-state index contributed by atoms with van der Waals surface area (Å²) in [6.07, 6.45) is 13.6. The highest BCUT2D eigenvalue weighted by Crippen LogP contribution is 2.61. The van der Waals surface area contributed by atoms with Crippen LogP contribution in [0.2, 0.25) is 0 Å². The van der Waals surface area contributed by atoms with E-state index in [0.29, 0.717) is 31.1 Å². The third-order valence-electron chi connectivity index (χ3n) is 10.1. The molecular weight excluding hydrogens is 553 g/mol. The molecule has 41 heavy (non-hydrogen) atoms. The monoisotopic (exact) mass is 606 g/mol. The lowest BCUT2D eigenvalue weighted by molar-refractivity contribution is -0.0531. The highest BCUT2D eigenvalue weighted by atomic mass is 32.2. The minimum atomic E-state index is -5.81. The molecule has 2 rings (SSSR count). The molecule has 2 aliphatic carbocycles. The Morgan fingerprint density at radius 3 is 2.15 bits per heavy atom. The quantitative estimate of drug-likeness (QED) is 0.0848. The molecule has 2 fully saturated rings. The van der Waals surface area contributed by atoms with E-state index in [0.717, 1.165) is 32.1 Å². The Labute approximate surface area is 246 Å². The van der Waals surface area contributed by atoms with Crippen LogP contribution in [0.25, 0.3) is 0 Å². The SMILES string of the molecule is CC/C=C(/OS(=O)(=O)C(F)(F)F)C1([C@@H](/C=C(\CCC)[C@@H]2CC[C@H]([C@H](C)/C=C/[C@H](C)C(C)(C)O)C2(C)CC)CO)CC1. The standard InChI is InChI=1S/C32H53F3O5S/c1-9-12-24(27-17-16-26(30(27,8)11-3)22(4)14-15-23(5)29(6,7)37)20-25(21-36)31(18-19-31)28(13-10-2)40-41(38,39)32(33,34)35/h13-15,20,22-23,25-27,36-37H,9-12,16-19,21H2,1-8H3/b15-14+,24-20+,28-13+/t22-,23+,25+,26-,27+,30?/m1/s1. The van der Waals surface area contributed by atoms with Crippen LogP contribution < -0.4 is 0 Å². The smallest absolute Gasteiger partial charge is 0.396 e.